The van der Waals surface area contributed by atoms with E-state index in [1.54, 1.807) is 11.5 Å². The van der Waals surface area contributed by atoms with Crippen LogP contribution in [0.4, 0.5) is 5.69 Å². The molecule has 1 amide bonds. The van der Waals surface area contributed by atoms with Gasteiger partial charge in [-0.3, -0.25) is 23.4 Å². The van der Waals surface area contributed by atoms with Crippen LogP contribution in [-0.4, -0.2) is 61.9 Å². The highest BCUT2D eigenvalue weighted by Crippen LogP contribution is 2.19. The van der Waals surface area contributed by atoms with Gasteiger partial charge in [0, 0.05) is 56.8 Å². The number of para-hydroxylation sites is 1. The van der Waals surface area contributed by atoms with E-state index in [0.29, 0.717) is 60.9 Å². The predicted molar refractivity (Wildman–Crippen MR) is 148 cm³/mol. The first-order valence-corrected chi connectivity index (χ1v) is 13.3. The van der Waals surface area contributed by atoms with Crippen LogP contribution in [0.15, 0.2) is 53.3 Å². The van der Waals surface area contributed by atoms with Crippen molar-refractivity contribution in [3.05, 3.63) is 70.3 Å². The summed E-state index contributed by atoms with van der Waals surface area (Å²) in [6, 6.07) is 15.2. The molecule has 0 N–H and O–H groups in total. The third-order valence-corrected chi connectivity index (χ3v) is 7.34. The molecule has 0 radical (unpaired) electrons. The van der Waals surface area contributed by atoms with Crippen LogP contribution >= 0.6 is 0 Å². The average molecular weight is 515 g/mol. The number of ketones is 1. The van der Waals surface area contributed by atoms with Gasteiger partial charge in [-0.2, -0.15) is 0 Å². The molecule has 0 spiro atoms. The van der Waals surface area contributed by atoms with E-state index in [9.17, 15) is 14.4 Å². The Morgan fingerprint density at radius 2 is 1.66 bits per heavy atom. The zero-order valence-corrected chi connectivity index (χ0v) is 22.3. The van der Waals surface area contributed by atoms with Gasteiger partial charge in [-0.25, -0.2) is 0 Å². The molecule has 2 aromatic heterocycles. The number of nitrogens with zero attached hydrogens (tertiary/aromatic N) is 6. The van der Waals surface area contributed by atoms with Crippen LogP contribution in [0.25, 0.3) is 16.7 Å². The Bertz CT molecular complexity index is 1530. The van der Waals surface area contributed by atoms with Gasteiger partial charge in [0.25, 0.3) is 5.56 Å². The van der Waals surface area contributed by atoms with Gasteiger partial charge < -0.3 is 9.80 Å². The summed E-state index contributed by atoms with van der Waals surface area (Å²) in [5.41, 5.74) is 2.48. The molecule has 0 atom stereocenters. The zero-order valence-electron chi connectivity index (χ0n) is 22.3. The highest BCUT2D eigenvalue weighted by atomic mass is 16.2. The number of carbonyl (C=O) groups is 2. The number of hydrogen-bond donors (Lipinski definition) is 0. The summed E-state index contributed by atoms with van der Waals surface area (Å²) in [6.07, 6.45) is 1.63. The maximum atomic E-state index is 13.2. The summed E-state index contributed by atoms with van der Waals surface area (Å²) in [5, 5.41) is 9.42. The first-order chi connectivity index (χ1) is 18.3. The number of carbonyl (C=O) groups excluding carboxylic acids is 2. The Morgan fingerprint density at radius 3 is 2.34 bits per heavy atom. The lowest BCUT2D eigenvalue weighted by Gasteiger charge is -2.36. The van der Waals surface area contributed by atoms with Crippen LogP contribution in [0.1, 0.15) is 49.8 Å². The monoisotopic (exact) mass is 514 g/mol. The first-order valence-electron chi connectivity index (χ1n) is 13.3. The van der Waals surface area contributed by atoms with Crippen LogP contribution in [0.2, 0.25) is 0 Å². The van der Waals surface area contributed by atoms with Gasteiger partial charge in [0.2, 0.25) is 11.7 Å². The number of fused-ring (bicyclic) bond motifs is 3. The summed E-state index contributed by atoms with van der Waals surface area (Å²) in [7, 11) is 0. The number of anilines is 1. The van der Waals surface area contributed by atoms with E-state index in [-0.39, 0.29) is 17.2 Å². The largest absolute Gasteiger partial charge is 0.368 e. The molecule has 0 unspecified atom stereocenters. The molecule has 4 aromatic rings. The second-order valence-electron chi connectivity index (χ2n) is 10.4. The summed E-state index contributed by atoms with van der Waals surface area (Å²) in [5.74, 6) is 1.81. The second kappa shape index (κ2) is 10.8. The van der Waals surface area contributed by atoms with Crippen LogP contribution in [0.3, 0.4) is 0 Å². The quantitative estimate of drug-likeness (QED) is 0.334. The van der Waals surface area contributed by atoms with Crippen molar-refractivity contribution in [1.29, 1.82) is 0 Å². The fourth-order valence-corrected chi connectivity index (χ4v) is 5.06. The summed E-state index contributed by atoms with van der Waals surface area (Å²) >= 11 is 0. The van der Waals surface area contributed by atoms with E-state index in [2.05, 4.69) is 28.9 Å². The molecule has 1 saturated heterocycles. The molecule has 9 nitrogen and oxygen atoms in total. The van der Waals surface area contributed by atoms with Crippen LogP contribution in [0.5, 0.6) is 0 Å². The smallest absolute Gasteiger partial charge is 0.262 e. The number of aromatic nitrogens is 4. The molecule has 2 aromatic carbocycles. The Labute approximate surface area is 221 Å². The SMILES string of the molecule is CC(=O)c1ccc(N2CCN(C(=O)CCc3nnc4n(CCC(C)C)c(=O)c5ccccc5n34)CC2)cc1. The number of piperazine rings is 1. The van der Waals surface area contributed by atoms with Crippen molar-refractivity contribution >= 4 is 34.1 Å². The van der Waals surface area contributed by atoms with Gasteiger partial charge in [-0.05, 0) is 55.7 Å². The van der Waals surface area contributed by atoms with Crippen molar-refractivity contribution in [1.82, 2.24) is 24.1 Å². The highest BCUT2D eigenvalue weighted by molar-refractivity contribution is 5.94. The minimum absolute atomic E-state index is 0.0549. The Balaban J connectivity index is 1.29. The number of hydrogen-bond acceptors (Lipinski definition) is 6. The molecular formula is C29H34N6O3. The molecule has 198 valence electrons. The third-order valence-electron chi connectivity index (χ3n) is 7.34. The molecular weight excluding hydrogens is 480 g/mol. The molecule has 0 aliphatic carbocycles. The normalized spacial score (nSPS) is 14.1. The summed E-state index contributed by atoms with van der Waals surface area (Å²) < 4.78 is 3.65. The maximum Gasteiger partial charge on any atom is 0.262 e. The van der Waals surface area contributed by atoms with E-state index < -0.39 is 0 Å². The predicted octanol–water partition coefficient (Wildman–Crippen LogP) is 3.57. The fourth-order valence-electron chi connectivity index (χ4n) is 5.06. The van der Waals surface area contributed by atoms with E-state index in [1.165, 1.54) is 0 Å². The van der Waals surface area contributed by atoms with E-state index >= 15 is 0 Å². The fraction of sp³-hybridized carbons (Fsp3) is 0.414. The molecule has 38 heavy (non-hydrogen) atoms. The molecule has 1 aliphatic heterocycles. The van der Waals surface area contributed by atoms with E-state index in [0.717, 1.165) is 30.7 Å². The van der Waals surface area contributed by atoms with Crippen molar-refractivity contribution in [2.75, 3.05) is 31.1 Å². The van der Waals surface area contributed by atoms with Crippen molar-refractivity contribution < 1.29 is 9.59 Å². The maximum absolute atomic E-state index is 13.2. The number of aryl methyl sites for hydroxylation is 2. The standard InChI is InChI=1S/C29H34N6O3/c1-20(2)14-15-34-28(38)24-6-4-5-7-25(24)35-26(30-31-29(34)35)12-13-27(37)33-18-16-32(17-19-33)23-10-8-22(9-11-23)21(3)36/h4-11,20H,12-19H2,1-3H3. The topological polar surface area (TPSA) is 92.8 Å². The summed E-state index contributed by atoms with van der Waals surface area (Å²) in [4.78, 5) is 42.0. The minimum Gasteiger partial charge on any atom is -0.368 e. The molecule has 1 fully saturated rings. The van der Waals surface area contributed by atoms with Gasteiger partial charge in [0.15, 0.2) is 5.78 Å². The zero-order chi connectivity index (χ0) is 26.8. The van der Waals surface area contributed by atoms with Crippen molar-refractivity contribution in [2.24, 2.45) is 5.92 Å². The first kappa shape index (κ1) is 25.6. The Kier molecular flexibility index (Phi) is 7.26. The van der Waals surface area contributed by atoms with E-state index in [1.807, 2.05) is 57.8 Å². The van der Waals surface area contributed by atoms with Crippen molar-refractivity contribution in [2.45, 2.75) is 46.6 Å². The number of rotatable bonds is 8. The van der Waals surface area contributed by atoms with Gasteiger partial charge in [0.1, 0.15) is 5.82 Å². The highest BCUT2D eigenvalue weighted by Gasteiger charge is 2.23. The Hall–Kier alpha value is -4.01. The van der Waals surface area contributed by atoms with Crippen molar-refractivity contribution in [3.8, 4) is 0 Å². The van der Waals surface area contributed by atoms with E-state index in [4.69, 9.17) is 0 Å². The molecule has 1 aliphatic rings. The second-order valence-corrected chi connectivity index (χ2v) is 10.4. The van der Waals surface area contributed by atoms with Crippen LogP contribution < -0.4 is 10.5 Å². The molecule has 0 bridgehead atoms. The van der Waals surface area contributed by atoms with Crippen LogP contribution in [-0.2, 0) is 17.8 Å². The third kappa shape index (κ3) is 5.05. The van der Waals surface area contributed by atoms with Gasteiger partial charge >= 0.3 is 0 Å². The van der Waals surface area contributed by atoms with Crippen LogP contribution in [0, 0.1) is 5.92 Å². The molecule has 3 heterocycles. The minimum atomic E-state index is -0.0578. The lowest BCUT2D eigenvalue weighted by atomic mass is 10.1. The number of Topliss-reactive ketones (excluding diaryl/α,β-unsaturated/α-hetero) is 1. The lowest BCUT2D eigenvalue weighted by molar-refractivity contribution is -0.131. The Morgan fingerprint density at radius 1 is 0.947 bits per heavy atom. The summed E-state index contributed by atoms with van der Waals surface area (Å²) in [6.45, 7) is 9.18. The average Bonchev–Trinajstić information content (AvgIpc) is 3.35. The van der Waals surface area contributed by atoms with Gasteiger partial charge in [-0.1, -0.05) is 26.0 Å². The number of amides is 1. The molecule has 5 rings (SSSR count). The van der Waals surface area contributed by atoms with Gasteiger partial charge in [-0.15, -0.1) is 10.2 Å². The number of benzene rings is 2. The lowest BCUT2D eigenvalue weighted by Crippen LogP contribution is -2.48. The molecule has 9 heteroatoms. The van der Waals surface area contributed by atoms with Gasteiger partial charge in [0.05, 0.1) is 10.9 Å². The van der Waals surface area contributed by atoms with Crippen molar-refractivity contribution in [3.63, 3.8) is 0 Å². The molecule has 0 saturated carbocycles.